The maximum absolute atomic E-state index is 13.2. The number of rotatable bonds is 3. The highest BCUT2D eigenvalue weighted by Crippen LogP contribution is 2.27. The highest BCUT2D eigenvalue weighted by molar-refractivity contribution is 9.10. The van der Waals surface area contributed by atoms with E-state index < -0.39 is 0 Å². The standard InChI is InChI=1S/C14H12BrFN2S/c1-8-6-10(3-4-11(8)14(17)19)18-13-7-9(16)2-5-12(13)15/h2-7,18H,1H3,(H2,17,19). The first-order valence-electron chi connectivity index (χ1n) is 5.60. The first kappa shape index (κ1) is 14.0. The number of hydrogen-bond acceptors (Lipinski definition) is 2. The van der Waals surface area contributed by atoms with Crippen molar-refractivity contribution in [1.29, 1.82) is 0 Å². The molecular formula is C14H12BrFN2S. The van der Waals surface area contributed by atoms with Gasteiger partial charge in [-0.15, -0.1) is 0 Å². The van der Waals surface area contributed by atoms with Gasteiger partial charge in [-0.05, 0) is 64.8 Å². The highest BCUT2D eigenvalue weighted by Gasteiger charge is 2.05. The van der Waals surface area contributed by atoms with Crippen LogP contribution in [0.1, 0.15) is 11.1 Å². The Balaban J connectivity index is 2.31. The monoisotopic (exact) mass is 338 g/mol. The van der Waals surface area contributed by atoms with Gasteiger partial charge in [0.2, 0.25) is 0 Å². The lowest BCUT2D eigenvalue weighted by Crippen LogP contribution is -2.11. The van der Waals surface area contributed by atoms with Crippen molar-refractivity contribution in [3.05, 3.63) is 57.8 Å². The van der Waals surface area contributed by atoms with E-state index in [1.807, 2.05) is 25.1 Å². The second kappa shape index (κ2) is 5.67. The van der Waals surface area contributed by atoms with Crippen LogP contribution in [0.4, 0.5) is 15.8 Å². The van der Waals surface area contributed by atoms with Crippen molar-refractivity contribution in [2.45, 2.75) is 6.92 Å². The second-order valence-corrected chi connectivity index (χ2v) is 5.44. The van der Waals surface area contributed by atoms with Crippen molar-refractivity contribution in [3.63, 3.8) is 0 Å². The molecule has 0 heterocycles. The predicted molar refractivity (Wildman–Crippen MR) is 84.4 cm³/mol. The summed E-state index contributed by atoms with van der Waals surface area (Å²) in [6, 6.07) is 10.1. The molecule has 0 saturated carbocycles. The molecule has 0 saturated heterocycles. The molecule has 0 unspecified atom stereocenters. The van der Waals surface area contributed by atoms with Crippen molar-refractivity contribution in [2.24, 2.45) is 5.73 Å². The van der Waals surface area contributed by atoms with Crippen LogP contribution in [0.25, 0.3) is 0 Å². The number of halogens is 2. The van der Waals surface area contributed by atoms with E-state index in [4.69, 9.17) is 18.0 Å². The van der Waals surface area contributed by atoms with Gasteiger partial charge in [0.05, 0.1) is 5.69 Å². The maximum Gasteiger partial charge on any atom is 0.125 e. The summed E-state index contributed by atoms with van der Waals surface area (Å²) in [5.41, 5.74) is 8.96. The molecule has 0 aliphatic heterocycles. The van der Waals surface area contributed by atoms with Crippen LogP contribution < -0.4 is 11.1 Å². The van der Waals surface area contributed by atoms with Crippen molar-refractivity contribution >= 4 is 44.5 Å². The van der Waals surface area contributed by atoms with E-state index in [1.54, 1.807) is 6.07 Å². The van der Waals surface area contributed by atoms with Crippen LogP contribution in [0.15, 0.2) is 40.9 Å². The van der Waals surface area contributed by atoms with Gasteiger partial charge in [0, 0.05) is 15.7 Å². The third-order valence-electron chi connectivity index (χ3n) is 2.70. The van der Waals surface area contributed by atoms with E-state index in [2.05, 4.69) is 21.2 Å². The fourth-order valence-corrected chi connectivity index (χ4v) is 2.34. The topological polar surface area (TPSA) is 38.0 Å². The van der Waals surface area contributed by atoms with Crippen molar-refractivity contribution in [1.82, 2.24) is 0 Å². The molecule has 0 radical (unpaired) electrons. The molecule has 2 rings (SSSR count). The van der Waals surface area contributed by atoms with Crippen molar-refractivity contribution < 1.29 is 4.39 Å². The molecule has 0 aliphatic carbocycles. The Kier molecular flexibility index (Phi) is 4.17. The summed E-state index contributed by atoms with van der Waals surface area (Å²) in [5, 5.41) is 3.15. The summed E-state index contributed by atoms with van der Waals surface area (Å²) in [7, 11) is 0. The number of nitrogens with two attached hydrogens (primary N) is 1. The number of nitrogens with one attached hydrogen (secondary N) is 1. The summed E-state index contributed by atoms with van der Waals surface area (Å²) in [6.07, 6.45) is 0. The van der Waals surface area contributed by atoms with Crippen LogP contribution >= 0.6 is 28.1 Å². The predicted octanol–water partition coefficient (Wildman–Crippen LogP) is 4.27. The third-order valence-corrected chi connectivity index (χ3v) is 3.61. The van der Waals surface area contributed by atoms with E-state index in [-0.39, 0.29) is 5.82 Å². The van der Waals surface area contributed by atoms with Gasteiger partial charge in [0.1, 0.15) is 10.8 Å². The quantitative estimate of drug-likeness (QED) is 0.820. The van der Waals surface area contributed by atoms with E-state index >= 15 is 0 Å². The van der Waals surface area contributed by atoms with Gasteiger partial charge in [-0.2, -0.15) is 0 Å². The van der Waals surface area contributed by atoms with Gasteiger partial charge in [0.25, 0.3) is 0 Å². The SMILES string of the molecule is Cc1cc(Nc2cc(F)ccc2Br)ccc1C(N)=S. The van der Waals surface area contributed by atoms with Gasteiger partial charge in [-0.3, -0.25) is 0 Å². The highest BCUT2D eigenvalue weighted by atomic mass is 79.9. The minimum absolute atomic E-state index is 0.290. The molecule has 0 aromatic heterocycles. The summed E-state index contributed by atoms with van der Waals surface area (Å²) < 4.78 is 14.0. The molecule has 5 heteroatoms. The Morgan fingerprint density at radius 2 is 2.00 bits per heavy atom. The first-order valence-corrected chi connectivity index (χ1v) is 6.80. The molecular weight excluding hydrogens is 327 g/mol. The number of anilines is 2. The smallest absolute Gasteiger partial charge is 0.125 e. The molecule has 2 aromatic carbocycles. The summed E-state index contributed by atoms with van der Waals surface area (Å²) in [6.45, 7) is 1.93. The number of hydrogen-bond donors (Lipinski definition) is 2. The first-order chi connectivity index (χ1) is 8.97. The Labute approximate surface area is 124 Å². The molecule has 0 aliphatic rings. The molecule has 2 aromatic rings. The largest absolute Gasteiger partial charge is 0.389 e. The van der Waals surface area contributed by atoms with Crippen LogP contribution in [0.5, 0.6) is 0 Å². The molecule has 0 amide bonds. The fourth-order valence-electron chi connectivity index (χ4n) is 1.77. The van der Waals surface area contributed by atoms with Crippen LogP contribution in [-0.2, 0) is 0 Å². The van der Waals surface area contributed by atoms with E-state index in [9.17, 15) is 4.39 Å². The Bertz CT molecular complexity index is 643. The van der Waals surface area contributed by atoms with Gasteiger partial charge in [-0.1, -0.05) is 12.2 Å². The summed E-state index contributed by atoms with van der Waals surface area (Å²) in [5.74, 6) is -0.290. The van der Waals surface area contributed by atoms with E-state index in [1.165, 1.54) is 12.1 Å². The number of benzene rings is 2. The van der Waals surface area contributed by atoms with Gasteiger partial charge in [-0.25, -0.2) is 4.39 Å². The molecule has 2 nitrogen and oxygen atoms in total. The van der Waals surface area contributed by atoms with Crippen LogP contribution in [0.3, 0.4) is 0 Å². The minimum Gasteiger partial charge on any atom is -0.389 e. The van der Waals surface area contributed by atoms with E-state index in [0.717, 1.165) is 21.3 Å². The minimum atomic E-state index is -0.290. The summed E-state index contributed by atoms with van der Waals surface area (Å²) in [4.78, 5) is 0.371. The average Bonchev–Trinajstić information content (AvgIpc) is 2.33. The lowest BCUT2D eigenvalue weighted by molar-refractivity contribution is 0.628. The third kappa shape index (κ3) is 3.30. The van der Waals surface area contributed by atoms with Gasteiger partial charge >= 0.3 is 0 Å². The number of aryl methyl sites for hydroxylation is 1. The fraction of sp³-hybridized carbons (Fsp3) is 0.0714. The zero-order valence-corrected chi connectivity index (χ0v) is 12.6. The zero-order valence-electron chi connectivity index (χ0n) is 10.2. The Hall–Kier alpha value is -1.46. The van der Waals surface area contributed by atoms with Crippen molar-refractivity contribution in [2.75, 3.05) is 5.32 Å². The molecule has 0 bridgehead atoms. The molecule has 3 N–H and O–H groups in total. The Morgan fingerprint density at radius 1 is 1.26 bits per heavy atom. The summed E-state index contributed by atoms with van der Waals surface area (Å²) >= 11 is 8.33. The number of thiocarbonyl (C=S) groups is 1. The van der Waals surface area contributed by atoms with Crippen LogP contribution in [0.2, 0.25) is 0 Å². The second-order valence-electron chi connectivity index (χ2n) is 4.14. The lowest BCUT2D eigenvalue weighted by Gasteiger charge is -2.11. The van der Waals surface area contributed by atoms with Crippen molar-refractivity contribution in [3.8, 4) is 0 Å². The maximum atomic E-state index is 13.2. The van der Waals surface area contributed by atoms with Gasteiger partial charge in [0.15, 0.2) is 0 Å². The zero-order chi connectivity index (χ0) is 14.0. The normalized spacial score (nSPS) is 10.3. The average molecular weight is 339 g/mol. The lowest BCUT2D eigenvalue weighted by atomic mass is 10.1. The Morgan fingerprint density at radius 3 is 2.63 bits per heavy atom. The molecule has 19 heavy (non-hydrogen) atoms. The molecule has 0 spiro atoms. The van der Waals surface area contributed by atoms with E-state index in [0.29, 0.717) is 10.7 Å². The molecule has 0 fully saturated rings. The van der Waals surface area contributed by atoms with Crippen LogP contribution in [-0.4, -0.2) is 4.99 Å². The molecule has 0 atom stereocenters. The molecule has 98 valence electrons. The van der Waals surface area contributed by atoms with Gasteiger partial charge < -0.3 is 11.1 Å². The van der Waals surface area contributed by atoms with Crippen LogP contribution in [0, 0.1) is 12.7 Å².